The summed E-state index contributed by atoms with van der Waals surface area (Å²) < 4.78 is 0. The standard InChI is InChI=1S/C41H27N3/c1-3-13-30(14-4-1)38-26-33(27-39(44-38)31-15-5-2-6-16-31)32-23-34(40-36-17-9-7-11-28(36)19-21-42-40)25-35(24-32)41-37-18-10-8-12-29(37)20-22-43-41/h1-27H. The fourth-order valence-corrected chi connectivity index (χ4v) is 5.98. The van der Waals surface area contributed by atoms with Crippen LogP contribution in [0.2, 0.25) is 0 Å². The Morgan fingerprint density at radius 3 is 1.23 bits per heavy atom. The van der Waals surface area contributed by atoms with Crippen molar-refractivity contribution in [3.63, 3.8) is 0 Å². The Morgan fingerprint density at radius 1 is 0.318 bits per heavy atom. The smallest absolute Gasteiger partial charge is 0.0780 e. The minimum absolute atomic E-state index is 0.931. The summed E-state index contributed by atoms with van der Waals surface area (Å²) in [7, 11) is 0. The predicted octanol–water partition coefficient (Wildman–Crippen LogP) is 10.5. The van der Waals surface area contributed by atoms with Crippen LogP contribution in [0.15, 0.2) is 164 Å². The summed E-state index contributed by atoms with van der Waals surface area (Å²) in [5.41, 5.74) is 10.2. The van der Waals surface area contributed by atoms with E-state index < -0.39 is 0 Å². The van der Waals surface area contributed by atoms with Gasteiger partial charge >= 0.3 is 0 Å². The van der Waals surface area contributed by atoms with E-state index in [4.69, 9.17) is 15.0 Å². The van der Waals surface area contributed by atoms with Gasteiger partial charge in [0, 0.05) is 45.4 Å². The number of hydrogen-bond donors (Lipinski definition) is 0. The van der Waals surface area contributed by atoms with Crippen LogP contribution in [0, 0.1) is 0 Å². The molecule has 0 N–H and O–H groups in total. The van der Waals surface area contributed by atoms with Gasteiger partial charge in [-0.25, -0.2) is 4.98 Å². The summed E-state index contributed by atoms with van der Waals surface area (Å²) in [6.07, 6.45) is 3.79. The van der Waals surface area contributed by atoms with Gasteiger partial charge in [-0.1, -0.05) is 109 Å². The van der Waals surface area contributed by atoms with Gasteiger partial charge in [0.25, 0.3) is 0 Å². The van der Waals surface area contributed by atoms with Crippen molar-refractivity contribution in [3.05, 3.63) is 164 Å². The first kappa shape index (κ1) is 25.8. The molecule has 0 aliphatic carbocycles. The minimum atomic E-state index is 0.931. The predicted molar refractivity (Wildman–Crippen MR) is 182 cm³/mol. The average Bonchev–Trinajstić information content (AvgIpc) is 3.11. The van der Waals surface area contributed by atoms with Crippen LogP contribution in [0.3, 0.4) is 0 Å². The Balaban J connectivity index is 1.41. The van der Waals surface area contributed by atoms with Crippen LogP contribution in [-0.4, -0.2) is 15.0 Å². The highest BCUT2D eigenvalue weighted by Gasteiger charge is 2.15. The van der Waals surface area contributed by atoms with Crippen molar-refractivity contribution < 1.29 is 0 Å². The first-order valence-corrected chi connectivity index (χ1v) is 14.8. The molecule has 0 aliphatic rings. The third kappa shape index (κ3) is 4.81. The van der Waals surface area contributed by atoms with Crippen molar-refractivity contribution in [2.45, 2.75) is 0 Å². The lowest BCUT2D eigenvalue weighted by molar-refractivity contribution is 1.32. The summed E-state index contributed by atoms with van der Waals surface area (Å²) in [4.78, 5) is 14.9. The molecule has 0 fully saturated rings. The van der Waals surface area contributed by atoms with Gasteiger partial charge in [0.05, 0.1) is 22.8 Å². The summed E-state index contributed by atoms with van der Waals surface area (Å²) in [6.45, 7) is 0. The molecule has 8 aromatic rings. The van der Waals surface area contributed by atoms with Gasteiger partial charge in [-0.05, 0) is 64.4 Å². The minimum Gasteiger partial charge on any atom is -0.256 e. The van der Waals surface area contributed by atoms with Gasteiger partial charge in [0.2, 0.25) is 0 Å². The first-order valence-electron chi connectivity index (χ1n) is 14.8. The second kappa shape index (κ2) is 11.0. The van der Waals surface area contributed by atoms with Crippen LogP contribution >= 0.6 is 0 Å². The SMILES string of the molecule is c1ccc(-c2cc(-c3cc(-c4nccc5ccccc45)cc(-c4nccc5ccccc45)c3)cc(-c3ccccc3)n2)cc1. The second-order valence-electron chi connectivity index (χ2n) is 10.9. The van der Waals surface area contributed by atoms with Crippen molar-refractivity contribution >= 4 is 21.5 Å². The van der Waals surface area contributed by atoms with E-state index >= 15 is 0 Å². The van der Waals surface area contributed by atoms with E-state index in [1.54, 1.807) is 0 Å². The van der Waals surface area contributed by atoms with Gasteiger partial charge in [-0.2, -0.15) is 0 Å². The number of pyridine rings is 3. The fourth-order valence-electron chi connectivity index (χ4n) is 5.98. The summed E-state index contributed by atoms with van der Waals surface area (Å²) in [5.74, 6) is 0. The molecule has 44 heavy (non-hydrogen) atoms. The maximum atomic E-state index is 5.12. The van der Waals surface area contributed by atoms with Crippen molar-refractivity contribution in [3.8, 4) is 56.2 Å². The van der Waals surface area contributed by atoms with Gasteiger partial charge in [-0.15, -0.1) is 0 Å². The molecule has 0 aliphatic heterocycles. The van der Waals surface area contributed by atoms with E-state index in [2.05, 4.69) is 140 Å². The maximum Gasteiger partial charge on any atom is 0.0780 e. The van der Waals surface area contributed by atoms with Crippen LogP contribution < -0.4 is 0 Å². The van der Waals surface area contributed by atoms with E-state index in [0.717, 1.165) is 77.7 Å². The highest BCUT2D eigenvalue weighted by Crippen LogP contribution is 2.38. The van der Waals surface area contributed by atoms with Gasteiger partial charge in [0.1, 0.15) is 0 Å². The lowest BCUT2D eigenvalue weighted by Gasteiger charge is -2.15. The number of fused-ring (bicyclic) bond motifs is 2. The molecule has 0 radical (unpaired) electrons. The third-order valence-corrected chi connectivity index (χ3v) is 8.12. The summed E-state index contributed by atoms with van der Waals surface area (Å²) >= 11 is 0. The molecule has 0 atom stereocenters. The Kier molecular flexibility index (Phi) is 6.47. The van der Waals surface area contributed by atoms with Crippen LogP contribution in [0.4, 0.5) is 0 Å². The Labute approximate surface area is 256 Å². The van der Waals surface area contributed by atoms with Crippen molar-refractivity contribution in [2.75, 3.05) is 0 Å². The quantitative estimate of drug-likeness (QED) is 0.210. The number of rotatable bonds is 5. The van der Waals surface area contributed by atoms with E-state index in [1.807, 2.05) is 24.5 Å². The highest BCUT2D eigenvalue weighted by molar-refractivity contribution is 5.99. The molecule has 0 unspecified atom stereocenters. The van der Waals surface area contributed by atoms with Gasteiger partial charge in [0.15, 0.2) is 0 Å². The van der Waals surface area contributed by atoms with E-state index in [-0.39, 0.29) is 0 Å². The molecule has 3 nitrogen and oxygen atoms in total. The number of benzene rings is 5. The van der Waals surface area contributed by atoms with Crippen molar-refractivity contribution in [1.29, 1.82) is 0 Å². The van der Waals surface area contributed by atoms with Gasteiger partial charge < -0.3 is 0 Å². The molecule has 3 heteroatoms. The molecule has 206 valence electrons. The molecule has 8 rings (SSSR count). The maximum absolute atomic E-state index is 5.12. The molecular weight excluding hydrogens is 534 g/mol. The van der Waals surface area contributed by atoms with Gasteiger partial charge in [-0.3, -0.25) is 9.97 Å². The van der Waals surface area contributed by atoms with Crippen LogP contribution in [0.5, 0.6) is 0 Å². The zero-order chi connectivity index (χ0) is 29.3. The first-order chi connectivity index (χ1) is 21.8. The summed E-state index contributed by atoms with van der Waals surface area (Å²) in [5, 5.41) is 4.56. The van der Waals surface area contributed by atoms with Crippen molar-refractivity contribution in [1.82, 2.24) is 15.0 Å². The number of aromatic nitrogens is 3. The lowest BCUT2D eigenvalue weighted by Crippen LogP contribution is -1.94. The molecule has 5 aromatic carbocycles. The van der Waals surface area contributed by atoms with Crippen LogP contribution in [0.25, 0.3) is 77.7 Å². The molecule has 0 amide bonds. The fraction of sp³-hybridized carbons (Fsp3) is 0. The summed E-state index contributed by atoms with van der Waals surface area (Å²) in [6, 6.07) is 52.9. The Morgan fingerprint density at radius 2 is 0.727 bits per heavy atom. The molecule has 0 saturated heterocycles. The monoisotopic (exact) mass is 561 g/mol. The Hall–Kier alpha value is -5.93. The normalized spacial score (nSPS) is 11.2. The zero-order valence-corrected chi connectivity index (χ0v) is 23.9. The van der Waals surface area contributed by atoms with E-state index in [1.165, 1.54) is 0 Å². The number of hydrogen-bond acceptors (Lipinski definition) is 3. The molecule has 3 aromatic heterocycles. The molecule has 0 saturated carbocycles. The van der Waals surface area contributed by atoms with Crippen LogP contribution in [0.1, 0.15) is 0 Å². The zero-order valence-electron chi connectivity index (χ0n) is 23.9. The van der Waals surface area contributed by atoms with E-state index in [0.29, 0.717) is 0 Å². The largest absolute Gasteiger partial charge is 0.256 e. The van der Waals surface area contributed by atoms with E-state index in [9.17, 15) is 0 Å². The second-order valence-corrected chi connectivity index (χ2v) is 10.9. The topological polar surface area (TPSA) is 38.7 Å². The average molecular weight is 562 g/mol. The van der Waals surface area contributed by atoms with Crippen molar-refractivity contribution in [2.24, 2.45) is 0 Å². The molecule has 3 heterocycles. The lowest BCUT2D eigenvalue weighted by atomic mass is 9.92. The third-order valence-electron chi connectivity index (χ3n) is 8.12. The molecule has 0 spiro atoms. The Bertz CT molecular complexity index is 2110. The number of nitrogens with zero attached hydrogens (tertiary/aromatic N) is 3. The molecular formula is C41H27N3. The molecule has 0 bridgehead atoms. The highest BCUT2D eigenvalue weighted by atomic mass is 14.7. The van der Waals surface area contributed by atoms with Crippen LogP contribution in [-0.2, 0) is 0 Å².